The summed E-state index contributed by atoms with van der Waals surface area (Å²) in [7, 11) is 3.10. The number of fused-ring (bicyclic) bond motifs is 3. The summed E-state index contributed by atoms with van der Waals surface area (Å²) in [5.74, 6) is 0.643. The van der Waals surface area contributed by atoms with Crippen LogP contribution in [0.25, 0.3) is 0 Å². The Kier molecular flexibility index (Phi) is 6.06. The molecule has 4 N–H and O–H groups in total. The summed E-state index contributed by atoms with van der Waals surface area (Å²) in [6.07, 6.45) is 4.75. The minimum atomic E-state index is -0.520. The number of methoxy groups -OCH3 is 1. The number of carbonyl (C=O) groups is 1. The number of aryl methyl sites for hydroxylation is 1. The highest BCUT2D eigenvalue weighted by Gasteiger charge is 2.44. The number of aliphatic imine (C=N–C) groups is 1. The standard InChI is InChI=1S/C25H30N6O4/c1-27-23(33)20(26)10-16-13-31(9-3-8-28-16)22-18-14-35-25(12-21(18)29-24(30-22)34-2)7-6-15-4-5-17(32)11-19(15)25/h4-5,10-11,32H,3,6-9,12-14,26H2,1-2H3,(H,27,33)/b20-10-. The van der Waals surface area contributed by atoms with Gasteiger partial charge in [0.15, 0.2) is 0 Å². The largest absolute Gasteiger partial charge is 0.508 e. The second-order valence-electron chi connectivity index (χ2n) is 9.09. The van der Waals surface area contributed by atoms with Gasteiger partial charge in [-0.3, -0.25) is 9.79 Å². The minimum absolute atomic E-state index is 0.115. The first-order valence-electron chi connectivity index (χ1n) is 11.8. The van der Waals surface area contributed by atoms with Crippen molar-refractivity contribution in [1.29, 1.82) is 0 Å². The molecule has 1 aromatic heterocycles. The summed E-state index contributed by atoms with van der Waals surface area (Å²) in [4.78, 5) is 28.0. The van der Waals surface area contributed by atoms with Gasteiger partial charge in [0.25, 0.3) is 5.91 Å². The van der Waals surface area contributed by atoms with Gasteiger partial charge in [-0.2, -0.15) is 9.97 Å². The van der Waals surface area contributed by atoms with E-state index >= 15 is 0 Å². The number of hydrogen-bond donors (Lipinski definition) is 3. The molecule has 10 heteroatoms. The first kappa shape index (κ1) is 23.1. The van der Waals surface area contributed by atoms with Crippen LogP contribution in [0.1, 0.15) is 35.2 Å². The Hall–Kier alpha value is -3.66. The highest BCUT2D eigenvalue weighted by molar-refractivity contribution is 6.05. The summed E-state index contributed by atoms with van der Waals surface area (Å²) in [5, 5.41) is 12.6. The molecule has 1 unspecified atom stereocenters. The molecule has 2 aliphatic heterocycles. The smallest absolute Gasteiger partial charge is 0.318 e. The average Bonchev–Trinajstić information content (AvgIpc) is 3.04. The summed E-state index contributed by atoms with van der Waals surface area (Å²) >= 11 is 0. The van der Waals surface area contributed by atoms with Crippen LogP contribution in [0, 0.1) is 0 Å². The Morgan fingerprint density at radius 2 is 2.23 bits per heavy atom. The third-order valence-electron chi connectivity index (χ3n) is 6.93. The fraction of sp³-hybridized carbons (Fsp3) is 0.440. The fourth-order valence-electron chi connectivity index (χ4n) is 5.16. The SMILES string of the molecule is CNC(=O)/C(N)=C/C1=NCCCN(c2nc(OC)nc3c2COC2(CCc4ccc(O)cc42)C3)C1. The van der Waals surface area contributed by atoms with Crippen molar-refractivity contribution in [1.82, 2.24) is 15.3 Å². The summed E-state index contributed by atoms with van der Waals surface area (Å²) in [6, 6.07) is 5.81. The van der Waals surface area contributed by atoms with Gasteiger partial charge in [-0.25, -0.2) is 0 Å². The number of hydrogen-bond acceptors (Lipinski definition) is 9. The van der Waals surface area contributed by atoms with E-state index in [4.69, 9.17) is 25.2 Å². The van der Waals surface area contributed by atoms with Crippen LogP contribution in [0.4, 0.5) is 5.82 Å². The van der Waals surface area contributed by atoms with Gasteiger partial charge >= 0.3 is 6.01 Å². The normalized spacial score (nSPS) is 21.7. The van der Waals surface area contributed by atoms with Gasteiger partial charge in [0, 0.05) is 32.1 Å². The molecule has 35 heavy (non-hydrogen) atoms. The van der Waals surface area contributed by atoms with E-state index in [0.717, 1.165) is 48.4 Å². The molecular weight excluding hydrogens is 448 g/mol. The number of benzene rings is 1. The predicted octanol–water partition coefficient (Wildman–Crippen LogP) is 1.34. The van der Waals surface area contributed by atoms with E-state index in [1.54, 1.807) is 26.3 Å². The summed E-state index contributed by atoms with van der Waals surface area (Å²) < 4.78 is 12.0. The summed E-state index contributed by atoms with van der Waals surface area (Å²) in [5.41, 5.74) is 10.3. The number of anilines is 1. The number of carbonyl (C=O) groups excluding carboxylic acids is 1. The molecular formula is C25H30N6O4. The van der Waals surface area contributed by atoms with E-state index < -0.39 is 5.60 Å². The number of nitrogens with two attached hydrogens (primary N) is 1. The minimum Gasteiger partial charge on any atom is -0.508 e. The van der Waals surface area contributed by atoms with Gasteiger partial charge in [-0.05, 0) is 48.6 Å². The number of phenols is 1. The molecule has 5 rings (SSSR count). The lowest BCUT2D eigenvalue weighted by atomic mass is 9.86. The quantitative estimate of drug-likeness (QED) is 0.561. The van der Waals surface area contributed by atoms with Crippen LogP contribution in [0.15, 0.2) is 35.0 Å². The lowest BCUT2D eigenvalue weighted by Crippen LogP contribution is -2.37. The van der Waals surface area contributed by atoms with Crippen molar-refractivity contribution in [2.75, 3.05) is 38.7 Å². The molecule has 1 spiro atoms. The van der Waals surface area contributed by atoms with E-state index in [2.05, 4.69) is 15.2 Å². The van der Waals surface area contributed by atoms with Crippen molar-refractivity contribution in [3.05, 3.63) is 52.4 Å². The molecule has 3 heterocycles. The predicted molar refractivity (Wildman–Crippen MR) is 131 cm³/mol. The van der Waals surface area contributed by atoms with Gasteiger partial charge in [0.1, 0.15) is 11.6 Å². The molecule has 0 saturated carbocycles. The zero-order valence-corrected chi connectivity index (χ0v) is 20.0. The highest BCUT2D eigenvalue weighted by Crippen LogP contribution is 2.47. The zero-order valence-electron chi connectivity index (χ0n) is 20.0. The number of rotatable bonds is 4. The lowest BCUT2D eigenvalue weighted by Gasteiger charge is -2.37. The van der Waals surface area contributed by atoms with Crippen molar-refractivity contribution in [3.8, 4) is 11.8 Å². The molecule has 0 radical (unpaired) electrons. The molecule has 10 nitrogen and oxygen atoms in total. The van der Waals surface area contributed by atoms with E-state index in [1.165, 1.54) is 5.56 Å². The number of aromatic nitrogens is 2. The number of nitrogens with zero attached hydrogens (tertiary/aromatic N) is 4. The summed E-state index contributed by atoms with van der Waals surface area (Å²) in [6.45, 7) is 2.16. The number of nitrogens with one attached hydrogen (secondary N) is 1. The van der Waals surface area contributed by atoms with Crippen molar-refractivity contribution in [3.63, 3.8) is 0 Å². The van der Waals surface area contributed by atoms with Crippen LogP contribution in [-0.2, 0) is 34.6 Å². The van der Waals surface area contributed by atoms with Crippen LogP contribution < -0.4 is 20.7 Å². The number of phenolic OH excluding ortho intramolecular Hbond substituents is 1. The Labute approximate surface area is 203 Å². The molecule has 1 aliphatic carbocycles. The van der Waals surface area contributed by atoms with Crippen LogP contribution >= 0.6 is 0 Å². The average molecular weight is 479 g/mol. The second kappa shape index (κ2) is 9.18. The van der Waals surface area contributed by atoms with Crippen LogP contribution in [0.5, 0.6) is 11.8 Å². The maximum absolute atomic E-state index is 11.9. The van der Waals surface area contributed by atoms with E-state index in [1.807, 2.05) is 12.1 Å². The molecule has 2 aromatic rings. The number of aromatic hydroxyl groups is 1. The lowest BCUT2D eigenvalue weighted by molar-refractivity contribution is -0.117. The van der Waals surface area contributed by atoms with Crippen LogP contribution in [-0.4, -0.2) is 60.5 Å². The molecule has 3 aliphatic rings. The van der Waals surface area contributed by atoms with Gasteiger partial charge < -0.3 is 30.5 Å². The number of likely N-dealkylation sites (N-methyl/N-ethyl adjacent to an activating group) is 1. The molecule has 1 aromatic carbocycles. The van der Waals surface area contributed by atoms with Gasteiger partial charge in [-0.15, -0.1) is 0 Å². The monoisotopic (exact) mass is 478 g/mol. The topological polar surface area (TPSA) is 135 Å². The van der Waals surface area contributed by atoms with Crippen LogP contribution in [0.2, 0.25) is 0 Å². The van der Waals surface area contributed by atoms with Gasteiger partial charge in [0.05, 0.1) is 43.0 Å². The molecule has 0 fully saturated rings. The van der Waals surface area contributed by atoms with Gasteiger partial charge in [-0.1, -0.05) is 6.07 Å². The first-order valence-corrected chi connectivity index (χ1v) is 11.8. The fourth-order valence-corrected chi connectivity index (χ4v) is 5.16. The maximum atomic E-state index is 11.9. The molecule has 1 amide bonds. The molecule has 1 atom stereocenters. The first-order chi connectivity index (χ1) is 16.9. The number of ether oxygens (including phenoxy) is 2. The van der Waals surface area contributed by atoms with Crippen LogP contribution in [0.3, 0.4) is 0 Å². The Bertz CT molecular complexity index is 1230. The maximum Gasteiger partial charge on any atom is 0.318 e. The van der Waals surface area contributed by atoms with E-state index in [-0.39, 0.29) is 17.4 Å². The molecule has 184 valence electrons. The van der Waals surface area contributed by atoms with E-state index in [9.17, 15) is 9.90 Å². The third-order valence-corrected chi connectivity index (χ3v) is 6.93. The Morgan fingerprint density at radius 3 is 3.03 bits per heavy atom. The Balaban J connectivity index is 1.49. The molecule has 0 saturated heterocycles. The van der Waals surface area contributed by atoms with Crippen molar-refractivity contribution >= 4 is 17.4 Å². The third kappa shape index (κ3) is 4.29. The highest BCUT2D eigenvalue weighted by atomic mass is 16.5. The van der Waals surface area contributed by atoms with Crippen molar-refractivity contribution < 1.29 is 19.4 Å². The van der Waals surface area contributed by atoms with Gasteiger partial charge in [0.2, 0.25) is 0 Å². The van der Waals surface area contributed by atoms with Crippen molar-refractivity contribution in [2.45, 2.75) is 37.9 Å². The second-order valence-corrected chi connectivity index (χ2v) is 9.09. The van der Waals surface area contributed by atoms with Crippen molar-refractivity contribution in [2.24, 2.45) is 10.7 Å². The molecule has 0 bridgehead atoms. The zero-order chi connectivity index (χ0) is 24.6. The van der Waals surface area contributed by atoms with E-state index in [0.29, 0.717) is 37.8 Å². The number of amides is 1. The Morgan fingerprint density at radius 1 is 1.37 bits per heavy atom.